The van der Waals surface area contributed by atoms with Crippen molar-refractivity contribution in [3.05, 3.63) is 22.0 Å². The van der Waals surface area contributed by atoms with Gasteiger partial charge in [-0.05, 0) is 6.92 Å². The van der Waals surface area contributed by atoms with E-state index in [1.54, 1.807) is 36.2 Å². The molecule has 1 aliphatic heterocycles. The largest absolute Gasteiger partial charge is 0.408 e. The molecule has 23 heavy (non-hydrogen) atoms. The fraction of sp³-hybridized carbons (Fsp3) is 0.571. The first kappa shape index (κ1) is 15.9. The highest BCUT2D eigenvalue weighted by molar-refractivity contribution is 7.11. The first-order chi connectivity index (χ1) is 11.0. The van der Waals surface area contributed by atoms with Gasteiger partial charge in [0.05, 0.1) is 23.8 Å². The minimum atomic E-state index is -0.971. The number of likely N-dealkylation sites (N-methyl/N-ethyl adjacent to an activating group) is 1. The Bertz CT molecular complexity index is 703. The van der Waals surface area contributed by atoms with Crippen LogP contribution in [-0.2, 0) is 0 Å². The summed E-state index contributed by atoms with van der Waals surface area (Å²) in [6.07, 6.45) is -0.637. The maximum absolute atomic E-state index is 13.9. The van der Waals surface area contributed by atoms with Crippen molar-refractivity contribution in [1.82, 2.24) is 20.1 Å². The van der Waals surface area contributed by atoms with E-state index in [1.165, 1.54) is 11.3 Å². The lowest BCUT2D eigenvalue weighted by atomic mass is 10.2. The summed E-state index contributed by atoms with van der Waals surface area (Å²) in [5.41, 5.74) is 2.36. The summed E-state index contributed by atoms with van der Waals surface area (Å²) in [7, 11) is 1.71. The van der Waals surface area contributed by atoms with Gasteiger partial charge in [-0.15, -0.1) is 16.4 Å². The van der Waals surface area contributed by atoms with E-state index in [4.69, 9.17) is 4.42 Å². The predicted octanol–water partition coefficient (Wildman–Crippen LogP) is 1.83. The van der Waals surface area contributed by atoms with Crippen LogP contribution < -0.4 is 4.90 Å². The van der Waals surface area contributed by atoms with E-state index in [0.717, 1.165) is 0 Å². The fourth-order valence-electron chi connectivity index (χ4n) is 2.75. The number of alkyl halides is 1. The van der Waals surface area contributed by atoms with Crippen LogP contribution in [0.25, 0.3) is 0 Å². The third-order valence-corrected chi connectivity index (χ3v) is 4.81. The zero-order chi connectivity index (χ0) is 16.6. The molecule has 0 bridgehead atoms. The van der Waals surface area contributed by atoms with Gasteiger partial charge in [0.15, 0.2) is 0 Å². The molecular formula is C14H18FN5O2S. The fourth-order valence-corrected chi connectivity index (χ4v) is 3.54. The van der Waals surface area contributed by atoms with Gasteiger partial charge in [-0.25, -0.2) is 9.37 Å². The molecule has 1 amide bonds. The van der Waals surface area contributed by atoms with Gasteiger partial charge in [0, 0.05) is 26.9 Å². The third-order valence-electron chi connectivity index (χ3n) is 3.90. The Morgan fingerprint density at radius 1 is 1.52 bits per heavy atom. The lowest BCUT2D eigenvalue weighted by molar-refractivity contribution is 0.0789. The van der Waals surface area contributed by atoms with Gasteiger partial charge in [0.1, 0.15) is 11.0 Å². The van der Waals surface area contributed by atoms with Crippen LogP contribution in [0.1, 0.15) is 27.7 Å². The van der Waals surface area contributed by atoms with Crippen molar-refractivity contribution < 1.29 is 13.6 Å². The number of anilines is 1. The van der Waals surface area contributed by atoms with Gasteiger partial charge in [-0.3, -0.25) is 4.79 Å². The first-order valence-corrected chi connectivity index (χ1v) is 8.20. The van der Waals surface area contributed by atoms with Crippen molar-refractivity contribution in [2.45, 2.75) is 32.5 Å². The SMILES string of the molecule is Cc1nnc(N2C[C@@H](F)C[C@H]2CN(C)C(=O)c2scnc2C)o1. The molecule has 0 aromatic carbocycles. The molecule has 0 radical (unpaired) electrons. The molecule has 3 rings (SSSR count). The second kappa shape index (κ2) is 6.23. The van der Waals surface area contributed by atoms with Gasteiger partial charge in [0.25, 0.3) is 5.91 Å². The smallest absolute Gasteiger partial charge is 0.318 e. The normalized spacial score (nSPS) is 21.0. The topological polar surface area (TPSA) is 75.4 Å². The standard InChI is InChI=1S/C14H18FN5O2S/c1-8-12(23-7-16-8)13(21)19(3)6-11-4-10(15)5-20(11)14-18-17-9(2)22-14/h7,10-11H,4-6H2,1-3H3/t10-,11-/m0/s1. The van der Waals surface area contributed by atoms with Crippen molar-refractivity contribution in [3.8, 4) is 0 Å². The molecule has 124 valence electrons. The van der Waals surface area contributed by atoms with Gasteiger partial charge >= 0.3 is 6.01 Å². The second-order valence-electron chi connectivity index (χ2n) is 5.70. The molecule has 0 saturated carbocycles. The third kappa shape index (κ3) is 3.19. The number of carbonyl (C=O) groups excluding carboxylic acids is 1. The summed E-state index contributed by atoms with van der Waals surface area (Å²) < 4.78 is 19.3. The number of amides is 1. The molecule has 1 saturated heterocycles. The molecule has 1 fully saturated rings. The molecule has 0 N–H and O–H groups in total. The number of hydrogen-bond acceptors (Lipinski definition) is 7. The number of thiazole rings is 1. The molecule has 0 unspecified atom stereocenters. The van der Waals surface area contributed by atoms with Crippen LogP contribution in [0.4, 0.5) is 10.4 Å². The number of carbonyl (C=O) groups is 1. The maximum atomic E-state index is 13.9. The highest BCUT2D eigenvalue weighted by Gasteiger charge is 2.36. The van der Waals surface area contributed by atoms with Crippen LogP contribution in [0.2, 0.25) is 0 Å². The van der Waals surface area contributed by atoms with E-state index in [-0.39, 0.29) is 18.5 Å². The molecule has 9 heteroatoms. The quantitative estimate of drug-likeness (QED) is 0.846. The number of halogens is 1. The molecule has 2 atom stereocenters. The van der Waals surface area contributed by atoms with Crippen LogP contribution in [0, 0.1) is 13.8 Å². The van der Waals surface area contributed by atoms with E-state index in [2.05, 4.69) is 15.2 Å². The number of hydrogen-bond donors (Lipinski definition) is 0. The summed E-state index contributed by atoms with van der Waals surface area (Å²) in [4.78, 5) is 20.5. The zero-order valence-electron chi connectivity index (χ0n) is 13.2. The lowest BCUT2D eigenvalue weighted by Crippen LogP contribution is -2.41. The molecular weight excluding hydrogens is 321 g/mol. The number of rotatable bonds is 4. The highest BCUT2D eigenvalue weighted by atomic mass is 32.1. The van der Waals surface area contributed by atoms with Crippen LogP contribution in [0.3, 0.4) is 0 Å². The average molecular weight is 339 g/mol. The summed E-state index contributed by atoms with van der Waals surface area (Å²) in [6.45, 7) is 4.08. The van der Waals surface area contributed by atoms with Gasteiger partial charge in [0.2, 0.25) is 5.89 Å². The summed E-state index contributed by atoms with van der Waals surface area (Å²) in [6, 6.07) is 0.120. The monoisotopic (exact) mass is 339 g/mol. The Hall–Kier alpha value is -2.03. The minimum Gasteiger partial charge on any atom is -0.408 e. The Labute approximate surface area is 137 Å². The Kier molecular flexibility index (Phi) is 4.29. The average Bonchev–Trinajstić information content (AvgIpc) is 3.19. The molecule has 3 heterocycles. The first-order valence-electron chi connectivity index (χ1n) is 7.32. The van der Waals surface area contributed by atoms with Crippen molar-refractivity contribution in [1.29, 1.82) is 0 Å². The van der Waals surface area contributed by atoms with E-state index in [1.807, 2.05) is 0 Å². The molecule has 1 aliphatic rings. The van der Waals surface area contributed by atoms with E-state index in [0.29, 0.717) is 35.4 Å². The summed E-state index contributed by atoms with van der Waals surface area (Å²) in [5, 5.41) is 7.75. The maximum Gasteiger partial charge on any atom is 0.318 e. The van der Waals surface area contributed by atoms with Gasteiger partial charge in [-0.2, -0.15) is 0 Å². The van der Waals surface area contributed by atoms with E-state index < -0.39 is 6.17 Å². The van der Waals surface area contributed by atoms with Crippen molar-refractivity contribution in [2.24, 2.45) is 0 Å². The van der Waals surface area contributed by atoms with E-state index in [9.17, 15) is 9.18 Å². The number of aromatic nitrogens is 3. The zero-order valence-corrected chi connectivity index (χ0v) is 14.0. The minimum absolute atomic E-state index is 0.103. The Morgan fingerprint density at radius 3 is 2.91 bits per heavy atom. The van der Waals surface area contributed by atoms with Crippen molar-refractivity contribution in [2.75, 3.05) is 25.0 Å². The van der Waals surface area contributed by atoms with Crippen molar-refractivity contribution in [3.63, 3.8) is 0 Å². The van der Waals surface area contributed by atoms with Gasteiger partial charge < -0.3 is 14.2 Å². The van der Waals surface area contributed by atoms with Crippen LogP contribution in [0.15, 0.2) is 9.93 Å². The Balaban J connectivity index is 1.72. The predicted molar refractivity (Wildman–Crippen MR) is 83.5 cm³/mol. The molecule has 2 aromatic heterocycles. The van der Waals surface area contributed by atoms with Gasteiger partial charge in [-0.1, -0.05) is 5.10 Å². The highest BCUT2D eigenvalue weighted by Crippen LogP contribution is 2.27. The lowest BCUT2D eigenvalue weighted by Gasteiger charge is -2.26. The van der Waals surface area contributed by atoms with Crippen molar-refractivity contribution >= 4 is 23.3 Å². The number of aryl methyl sites for hydroxylation is 2. The summed E-state index contributed by atoms with van der Waals surface area (Å²) >= 11 is 1.31. The Morgan fingerprint density at radius 2 is 2.30 bits per heavy atom. The van der Waals surface area contributed by atoms with Crippen LogP contribution >= 0.6 is 11.3 Å². The van der Waals surface area contributed by atoms with Crippen LogP contribution in [0.5, 0.6) is 0 Å². The molecule has 2 aromatic rings. The summed E-state index contributed by atoms with van der Waals surface area (Å²) in [5.74, 6) is 0.333. The number of nitrogens with zero attached hydrogens (tertiary/aromatic N) is 5. The molecule has 0 spiro atoms. The molecule has 7 nitrogen and oxygen atoms in total. The molecule has 0 aliphatic carbocycles. The van der Waals surface area contributed by atoms with Crippen LogP contribution in [-0.4, -0.2) is 58.3 Å². The van der Waals surface area contributed by atoms with E-state index >= 15 is 0 Å². The second-order valence-corrected chi connectivity index (χ2v) is 6.55.